The van der Waals surface area contributed by atoms with Gasteiger partial charge in [0, 0.05) is 12.6 Å². The van der Waals surface area contributed by atoms with Crippen LogP contribution in [-0.4, -0.2) is 53.1 Å². The average molecular weight is 308 g/mol. The number of hydrogen-bond acceptors (Lipinski definition) is 3. The molecule has 122 valence electrons. The van der Waals surface area contributed by atoms with Crippen LogP contribution in [0.4, 0.5) is 4.39 Å². The number of aliphatic carboxylic acids is 1. The fourth-order valence-corrected chi connectivity index (χ4v) is 3.11. The second-order valence-corrected chi connectivity index (χ2v) is 6.05. The van der Waals surface area contributed by atoms with Crippen LogP contribution < -0.4 is 0 Å². The summed E-state index contributed by atoms with van der Waals surface area (Å²) in [5, 5.41) is 8.95. The Balaban J connectivity index is 1.86. The zero-order chi connectivity index (χ0) is 16.1. The molecule has 0 bridgehead atoms. The number of likely N-dealkylation sites (N-methyl/N-ethyl adjacent to an activating group) is 1. The maximum atomic E-state index is 13.6. The number of likely N-dealkylation sites (tertiary alicyclic amines) is 1. The van der Waals surface area contributed by atoms with E-state index in [9.17, 15) is 9.18 Å². The van der Waals surface area contributed by atoms with Gasteiger partial charge in [0.1, 0.15) is 5.82 Å². The van der Waals surface area contributed by atoms with Crippen LogP contribution in [0.15, 0.2) is 18.2 Å². The monoisotopic (exact) mass is 308 g/mol. The van der Waals surface area contributed by atoms with Gasteiger partial charge in [-0.05, 0) is 56.6 Å². The van der Waals surface area contributed by atoms with Crippen LogP contribution in [0.5, 0.6) is 0 Å². The molecule has 1 aliphatic heterocycles. The van der Waals surface area contributed by atoms with Crippen molar-refractivity contribution in [3.05, 3.63) is 35.1 Å². The predicted molar refractivity (Wildman–Crippen MR) is 84.3 cm³/mol. The van der Waals surface area contributed by atoms with E-state index in [1.165, 1.54) is 0 Å². The molecule has 1 N–H and O–H groups in total. The number of piperidine rings is 1. The Kier molecular flexibility index (Phi) is 5.91. The zero-order valence-corrected chi connectivity index (χ0v) is 13.4. The molecule has 1 heterocycles. The standard InChI is InChI=1S/C17H25FN2O2/c1-3-20(12-17(21)22)15-6-8-19(9-7-15)11-14-5-4-13(2)16(18)10-14/h4-5,10,15H,3,6-9,11-12H2,1-2H3,(H,21,22). The Labute approximate surface area is 131 Å². The summed E-state index contributed by atoms with van der Waals surface area (Å²) in [4.78, 5) is 15.2. The molecule has 0 aliphatic carbocycles. The van der Waals surface area contributed by atoms with E-state index in [0.29, 0.717) is 11.6 Å². The third-order valence-corrected chi connectivity index (χ3v) is 4.46. The van der Waals surface area contributed by atoms with Gasteiger partial charge in [-0.25, -0.2) is 4.39 Å². The first-order valence-corrected chi connectivity index (χ1v) is 7.92. The fourth-order valence-electron chi connectivity index (χ4n) is 3.11. The highest BCUT2D eigenvalue weighted by atomic mass is 19.1. The molecule has 0 unspecified atom stereocenters. The third kappa shape index (κ3) is 4.52. The lowest BCUT2D eigenvalue weighted by atomic mass is 10.0. The number of carboxylic acid groups (broad SMARTS) is 1. The Hall–Kier alpha value is -1.46. The van der Waals surface area contributed by atoms with Gasteiger partial charge in [-0.2, -0.15) is 0 Å². The Morgan fingerprint density at radius 2 is 2.09 bits per heavy atom. The molecular weight excluding hydrogens is 283 g/mol. The molecule has 0 amide bonds. The molecule has 5 heteroatoms. The van der Waals surface area contributed by atoms with E-state index in [0.717, 1.165) is 44.6 Å². The number of carboxylic acids is 1. The van der Waals surface area contributed by atoms with E-state index in [-0.39, 0.29) is 12.4 Å². The highest BCUT2D eigenvalue weighted by Crippen LogP contribution is 2.19. The van der Waals surface area contributed by atoms with E-state index < -0.39 is 5.97 Å². The number of aryl methyl sites for hydroxylation is 1. The van der Waals surface area contributed by atoms with Crippen LogP contribution in [0.1, 0.15) is 30.9 Å². The quantitative estimate of drug-likeness (QED) is 0.877. The maximum Gasteiger partial charge on any atom is 0.317 e. The molecule has 0 spiro atoms. The summed E-state index contributed by atoms with van der Waals surface area (Å²) in [6.45, 7) is 7.27. The second-order valence-electron chi connectivity index (χ2n) is 6.05. The van der Waals surface area contributed by atoms with Crippen LogP contribution in [-0.2, 0) is 11.3 Å². The lowest BCUT2D eigenvalue weighted by Crippen LogP contribution is -2.46. The van der Waals surface area contributed by atoms with Gasteiger partial charge >= 0.3 is 5.97 Å². The van der Waals surface area contributed by atoms with Crippen molar-refractivity contribution < 1.29 is 14.3 Å². The summed E-state index contributed by atoms with van der Waals surface area (Å²) in [6.07, 6.45) is 1.94. The smallest absolute Gasteiger partial charge is 0.317 e. The van der Waals surface area contributed by atoms with Gasteiger partial charge in [0.05, 0.1) is 6.54 Å². The summed E-state index contributed by atoms with van der Waals surface area (Å²) in [7, 11) is 0. The van der Waals surface area contributed by atoms with Gasteiger partial charge < -0.3 is 5.11 Å². The molecule has 1 aromatic carbocycles. The lowest BCUT2D eigenvalue weighted by molar-refractivity contribution is -0.139. The number of benzene rings is 1. The average Bonchev–Trinajstić information content (AvgIpc) is 2.49. The van der Waals surface area contributed by atoms with E-state index in [2.05, 4.69) is 4.90 Å². The minimum absolute atomic E-state index is 0.115. The molecule has 4 nitrogen and oxygen atoms in total. The van der Waals surface area contributed by atoms with Crippen molar-refractivity contribution in [1.29, 1.82) is 0 Å². The Morgan fingerprint density at radius 3 is 2.64 bits per heavy atom. The van der Waals surface area contributed by atoms with Crippen LogP contribution in [0, 0.1) is 12.7 Å². The number of rotatable bonds is 6. The highest BCUT2D eigenvalue weighted by molar-refractivity contribution is 5.69. The molecule has 1 fully saturated rings. The summed E-state index contributed by atoms with van der Waals surface area (Å²) in [6, 6.07) is 5.76. The lowest BCUT2D eigenvalue weighted by Gasteiger charge is -2.37. The Morgan fingerprint density at radius 1 is 1.41 bits per heavy atom. The molecule has 2 rings (SSSR count). The second kappa shape index (κ2) is 7.70. The molecule has 1 aliphatic rings. The van der Waals surface area contributed by atoms with E-state index >= 15 is 0 Å². The molecule has 1 saturated heterocycles. The van der Waals surface area contributed by atoms with E-state index in [4.69, 9.17) is 5.11 Å². The van der Waals surface area contributed by atoms with Gasteiger partial charge in [-0.3, -0.25) is 14.6 Å². The Bertz CT molecular complexity index is 513. The van der Waals surface area contributed by atoms with Gasteiger partial charge in [0.15, 0.2) is 0 Å². The van der Waals surface area contributed by atoms with Crippen molar-refractivity contribution in [2.24, 2.45) is 0 Å². The first-order chi connectivity index (χ1) is 10.5. The molecule has 1 aromatic rings. The number of hydrogen-bond donors (Lipinski definition) is 1. The topological polar surface area (TPSA) is 43.8 Å². The first kappa shape index (κ1) is 16.9. The molecule has 22 heavy (non-hydrogen) atoms. The van der Waals surface area contributed by atoms with Gasteiger partial charge in [0.25, 0.3) is 0 Å². The first-order valence-electron chi connectivity index (χ1n) is 7.92. The summed E-state index contributed by atoms with van der Waals surface area (Å²) < 4.78 is 13.6. The highest BCUT2D eigenvalue weighted by Gasteiger charge is 2.25. The van der Waals surface area contributed by atoms with Crippen LogP contribution in [0.3, 0.4) is 0 Å². The molecule has 0 aromatic heterocycles. The maximum absolute atomic E-state index is 13.6. The number of nitrogens with zero attached hydrogens (tertiary/aromatic N) is 2. The summed E-state index contributed by atoms with van der Waals surface area (Å²) >= 11 is 0. The van der Waals surface area contributed by atoms with Crippen LogP contribution in [0.2, 0.25) is 0 Å². The normalized spacial score (nSPS) is 17.1. The van der Waals surface area contributed by atoms with E-state index in [1.54, 1.807) is 13.0 Å². The van der Waals surface area contributed by atoms with Crippen LogP contribution >= 0.6 is 0 Å². The minimum Gasteiger partial charge on any atom is -0.480 e. The molecule has 0 atom stereocenters. The predicted octanol–water partition coefficient (Wildman–Crippen LogP) is 2.51. The van der Waals surface area contributed by atoms with Crippen LogP contribution in [0.25, 0.3) is 0 Å². The van der Waals surface area contributed by atoms with Crippen molar-refractivity contribution >= 4 is 5.97 Å². The van der Waals surface area contributed by atoms with Crippen molar-refractivity contribution in [2.45, 2.75) is 39.3 Å². The zero-order valence-electron chi connectivity index (χ0n) is 13.4. The fraction of sp³-hybridized carbons (Fsp3) is 0.588. The van der Waals surface area contributed by atoms with Crippen molar-refractivity contribution in [3.63, 3.8) is 0 Å². The van der Waals surface area contributed by atoms with Crippen molar-refractivity contribution in [2.75, 3.05) is 26.2 Å². The molecule has 0 radical (unpaired) electrons. The molecule has 0 saturated carbocycles. The van der Waals surface area contributed by atoms with Gasteiger partial charge in [-0.1, -0.05) is 19.1 Å². The number of halogens is 1. The third-order valence-electron chi connectivity index (χ3n) is 4.46. The van der Waals surface area contributed by atoms with Crippen molar-refractivity contribution in [3.8, 4) is 0 Å². The van der Waals surface area contributed by atoms with Gasteiger partial charge in [-0.15, -0.1) is 0 Å². The molecular formula is C17H25FN2O2. The van der Waals surface area contributed by atoms with E-state index in [1.807, 2.05) is 24.0 Å². The van der Waals surface area contributed by atoms with Gasteiger partial charge in [0.2, 0.25) is 0 Å². The minimum atomic E-state index is -0.764. The summed E-state index contributed by atoms with van der Waals surface area (Å²) in [5.41, 5.74) is 1.68. The van der Waals surface area contributed by atoms with Crippen molar-refractivity contribution in [1.82, 2.24) is 9.80 Å². The largest absolute Gasteiger partial charge is 0.480 e. The number of carbonyl (C=O) groups is 1. The summed E-state index contributed by atoms with van der Waals surface area (Å²) in [5.74, 6) is -0.912. The SMILES string of the molecule is CCN(CC(=O)O)C1CCN(Cc2ccc(C)c(F)c2)CC1.